The van der Waals surface area contributed by atoms with Crippen molar-refractivity contribution in [1.82, 2.24) is 19.9 Å². The van der Waals surface area contributed by atoms with Crippen LogP contribution in [0.15, 0.2) is 10.2 Å². The molecule has 2 aliphatic rings. The lowest BCUT2D eigenvalue weighted by Gasteiger charge is -2.36. The molecular formula is C23H31N5O2S3. The number of hydrogen-bond donors (Lipinski definition) is 0. The highest BCUT2D eigenvalue weighted by molar-refractivity contribution is 7.99. The van der Waals surface area contributed by atoms with Gasteiger partial charge in [-0.15, -0.1) is 23.1 Å². The minimum Gasteiger partial charge on any atom is -0.378 e. The number of morpholine rings is 1. The van der Waals surface area contributed by atoms with E-state index in [1.165, 1.54) is 16.5 Å². The first kappa shape index (κ1) is 23.6. The van der Waals surface area contributed by atoms with Gasteiger partial charge in [0.1, 0.15) is 15.7 Å². The first-order valence-corrected chi connectivity index (χ1v) is 14.3. The van der Waals surface area contributed by atoms with Gasteiger partial charge in [0.15, 0.2) is 5.16 Å². The minimum atomic E-state index is -0.212. The van der Waals surface area contributed by atoms with Crippen molar-refractivity contribution in [3.05, 3.63) is 11.1 Å². The zero-order valence-electron chi connectivity index (χ0n) is 19.9. The number of thioether (sulfide) groups is 2. The molecular weight excluding hydrogens is 474 g/mol. The number of fused-ring (bicyclic) bond motifs is 5. The number of rotatable bonds is 6. The Morgan fingerprint density at radius 1 is 1.12 bits per heavy atom. The molecule has 5 heterocycles. The first-order chi connectivity index (χ1) is 15.9. The van der Waals surface area contributed by atoms with Crippen LogP contribution in [0.4, 0.5) is 5.82 Å². The smallest absolute Gasteiger partial charge is 0.189 e. The van der Waals surface area contributed by atoms with Gasteiger partial charge in [-0.25, -0.2) is 15.0 Å². The maximum absolute atomic E-state index is 6.26. The fourth-order valence-corrected chi connectivity index (χ4v) is 7.14. The predicted molar refractivity (Wildman–Crippen MR) is 139 cm³/mol. The normalized spacial score (nSPS) is 18.4. The molecule has 0 saturated carbocycles. The molecule has 0 radical (unpaired) electrons. The van der Waals surface area contributed by atoms with Crippen LogP contribution in [0.5, 0.6) is 0 Å². The molecule has 0 aliphatic carbocycles. The molecule has 0 atom stereocenters. The van der Waals surface area contributed by atoms with E-state index in [1.807, 2.05) is 18.0 Å². The molecule has 0 unspecified atom stereocenters. The zero-order valence-corrected chi connectivity index (χ0v) is 22.4. The van der Waals surface area contributed by atoms with E-state index in [1.54, 1.807) is 23.1 Å². The molecule has 2 aliphatic heterocycles. The molecule has 1 saturated heterocycles. The van der Waals surface area contributed by atoms with Crippen molar-refractivity contribution < 1.29 is 9.47 Å². The number of hydrogen-bond acceptors (Lipinski definition) is 10. The molecule has 0 bridgehead atoms. The van der Waals surface area contributed by atoms with E-state index in [0.717, 1.165) is 76.1 Å². The minimum absolute atomic E-state index is 0.212. The van der Waals surface area contributed by atoms with Gasteiger partial charge in [0, 0.05) is 42.8 Å². The maximum Gasteiger partial charge on any atom is 0.189 e. The highest BCUT2D eigenvalue weighted by Gasteiger charge is 2.33. The van der Waals surface area contributed by atoms with Crippen LogP contribution in [0, 0.1) is 0 Å². The third-order valence-corrected chi connectivity index (χ3v) is 8.80. The van der Waals surface area contributed by atoms with Crippen molar-refractivity contribution in [1.29, 1.82) is 0 Å². The van der Waals surface area contributed by atoms with Gasteiger partial charge in [-0.2, -0.15) is 0 Å². The molecule has 0 N–H and O–H groups in total. The highest BCUT2D eigenvalue weighted by Crippen LogP contribution is 2.45. The topological polar surface area (TPSA) is 63.6 Å². The van der Waals surface area contributed by atoms with Crippen molar-refractivity contribution in [3.63, 3.8) is 0 Å². The summed E-state index contributed by atoms with van der Waals surface area (Å²) in [6, 6.07) is 0. The lowest BCUT2D eigenvalue weighted by molar-refractivity contribution is -0.0396. The summed E-state index contributed by atoms with van der Waals surface area (Å²) < 4.78 is 13.0. The van der Waals surface area contributed by atoms with Gasteiger partial charge in [-0.05, 0) is 39.8 Å². The second-order valence-corrected chi connectivity index (χ2v) is 12.2. The van der Waals surface area contributed by atoms with Crippen molar-refractivity contribution in [2.24, 2.45) is 0 Å². The van der Waals surface area contributed by atoms with E-state index in [-0.39, 0.29) is 5.60 Å². The Labute approximate surface area is 207 Å². The quantitative estimate of drug-likeness (QED) is 0.277. The summed E-state index contributed by atoms with van der Waals surface area (Å²) in [6.07, 6.45) is 2.90. The maximum atomic E-state index is 6.26. The Morgan fingerprint density at radius 2 is 1.91 bits per heavy atom. The molecule has 1 fully saturated rings. The lowest BCUT2D eigenvalue weighted by Crippen LogP contribution is -2.39. The number of anilines is 1. The summed E-state index contributed by atoms with van der Waals surface area (Å²) in [5.74, 6) is 2.05. The molecule has 5 rings (SSSR count). The fourth-order valence-electron chi connectivity index (χ4n) is 4.36. The summed E-state index contributed by atoms with van der Waals surface area (Å²) in [4.78, 5) is 20.7. The lowest BCUT2D eigenvalue weighted by atomic mass is 9.90. The van der Waals surface area contributed by atoms with Crippen molar-refractivity contribution in [2.75, 3.05) is 63.9 Å². The van der Waals surface area contributed by atoms with Gasteiger partial charge in [0.25, 0.3) is 0 Å². The van der Waals surface area contributed by atoms with Crippen LogP contribution in [0.3, 0.4) is 0 Å². The van der Waals surface area contributed by atoms with Gasteiger partial charge in [0.05, 0.1) is 35.6 Å². The Morgan fingerprint density at radius 3 is 2.64 bits per heavy atom. The summed E-state index contributed by atoms with van der Waals surface area (Å²) in [5, 5.41) is 3.10. The van der Waals surface area contributed by atoms with Crippen LogP contribution in [-0.2, 0) is 22.5 Å². The van der Waals surface area contributed by atoms with Crippen LogP contribution in [0.2, 0.25) is 0 Å². The van der Waals surface area contributed by atoms with Gasteiger partial charge in [-0.1, -0.05) is 11.8 Å². The molecule has 0 aromatic carbocycles. The Bertz CT molecular complexity index is 1170. The van der Waals surface area contributed by atoms with Crippen LogP contribution in [0.25, 0.3) is 20.4 Å². The van der Waals surface area contributed by atoms with Gasteiger partial charge in [-0.3, -0.25) is 0 Å². The second kappa shape index (κ2) is 9.47. The summed E-state index contributed by atoms with van der Waals surface area (Å²) in [6.45, 7) is 9.15. The fraction of sp³-hybridized carbons (Fsp3) is 0.609. The van der Waals surface area contributed by atoms with Gasteiger partial charge < -0.3 is 19.3 Å². The van der Waals surface area contributed by atoms with E-state index in [9.17, 15) is 0 Å². The third-order valence-electron chi connectivity index (χ3n) is 6.09. The Balaban J connectivity index is 1.71. The molecule has 33 heavy (non-hydrogen) atoms. The van der Waals surface area contributed by atoms with Crippen LogP contribution >= 0.6 is 34.9 Å². The number of thiophene rings is 1. The first-order valence-electron chi connectivity index (χ1n) is 11.3. The molecule has 0 spiro atoms. The average molecular weight is 506 g/mol. The van der Waals surface area contributed by atoms with E-state index < -0.39 is 0 Å². The summed E-state index contributed by atoms with van der Waals surface area (Å²) in [7, 11) is 4.21. The molecule has 7 nitrogen and oxygen atoms in total. The van der Waals surface area contributed by atoms with Crippen molar-refractivity contribution in [2.45, 2.75) is 42.7 Å². The average Bonchev–Trinajstić information content (AvgIpc) is 3.17. The van der Waals surface area contributed by atoms with E-state index in [4.69, 9.17) is 24.4 Å². The molecule has 178 valence electrons. The molecule has 10 heteroatoms. The number of nitrogens with zero attached hydrogens (tertiary/aromatic N) is 5. The standard InChI is InChI=1S/C23H31N5O2S3/c1-23(2)12-14-15(13-30-23)19(28-6-9-29-10-7-28)25-20-16(14)17-18(33-20)21(26-22(24-17)31-5)32-11-8-27(3)4/h6-13H2,1-5H3. The highest BCUT2D eigenvalue weighted by atomic mass is 32.2. The summed E-state index contributed by atoms with van der Waals surface area (Å²) >= 11 is 5.16. The predicted octanol–water partition coefficient (Wildman–Crippen LogP) is 4.30. The van der Waals surface area contributed by atoms with Crippen molar-refractivity contribution in [3.8, 4) is 0 Å². The third kappa shape index (κ3) is 4.70. The molecule has 3 aromatic rings. The van der Waals surface area contributed by atoms with Gasteiger partial charge in [0.2, 0.25) is 0 Å². The SMILES string of the molecule is CSc1nc(SCCN(C)C)c2sc3nc(N4CCOCC4)c4c(c3c2n1)CC(C)(C)OC4. The molecule has 3 aromatic heterocycles. The monoisotopic (exact) mass is 505 g/mol. The number of ether oxygens (including phenoxy) is 2. The van der Waals surface area contributed by atoms with E-state index in [0.29, 0.717) is 6.61 Å². The Kier molecular flexibility index (Phi) is 6.76. The Hall–Kier alpha value is -1.17. The summed E-state index contributed by atoms with van der Waals surface area (Å²) in [5.41, 5.74) is 3.40. The molecule has 0 amide bonds. The second-order valence-electron chi connectivity index (χ2n) is 9.34. The largest absolute Gasteiger partial charge is 0.378 e. The van der Waals surface area contributed by atoms with Crippen LogP contribution in [-0.4, -0.2) is 84.4 Å². The van der Waals surface area contributed by atoms with E-state index in [2.05, 4.69) is 37.7 Å². The zero-order chi connectivity index (χ0) is 23.2. The van der Waals surface area contributed by atoms with E-state index >= 15 is 0 Å². The van der Waals surface area contributed by atoms with Crippen molar-refractivity contribution >= 4 is 61.1 Å². The number of pyridine rings is 1. The van der Waals surface area contributed by atoms with Crippen LogP contribution < -0.4 is 4.90 Å². The van der Waals surface area contributed by atoms with Gasteiger partial charge >= 0.3 is 0 Å². The van der Waals surface area contributed by atoms with Crippen LogP contribution in [0.1, 0.15) is 25.0 Å². The number of aromatic nitrogens is 3.